The summed E-state index contributed by atoms with van der Waals surface area (Å²) < 4.78 is 1.04. The largest absolute Gasteiger partial charge is 0.399 e. The van der Waals surface area contributed by atoms with Crippen molar-refractivity contribution in [2.45, 2.75) is 32.6 Å². The fraction of sp³-hybridized carbons (Fsp3) is 0.400. The van der Waals surface area contributed by atoms with Crippen molar-refractivity contribution in [3.05, 3.63) is 38.9 Å². The molecule has 1 aliphatic carbocycles. The average Bonchev–Trinajstić information content (AvgIpc) is 2.38. The van der Waals surface area contributed by atoms with Crippen LogP contribution in [0.25, 0.3) is 10.1 Å². The minimum Gasteiger partial charge on any atom is -0.399 e. The first kappa shape index (κ1) is 11.7. The molecule has 2 nitrogen and oxygen atoms in total. The Morgan fingerprint density at radius 3 is 3.06 bits per heavy atom. The molecule has 2 aromatic rings. The van der Waals surface area contributed by atoms with E-state index in [9.17, 15) is 4.79 Å². The van der Waals surface area contributed by atoms with E-state index < -0.39 is 0 Å². The van der Waals surface area contributed by atoms with Gasteiger partial charge in [-0.3, -0.25) is 4.79 Å². The lowest BCUT2D eigenvalue weighted by molar-refractivity contribution is 0.448. The molecule has 1 aromatic carbocycles. The van der Waals surface area contributed by atoms with Crippen molar-refractivity contribution in [1.82, 2.24) is 0 Å². The molecule has 1 aromatic heterocycles. The van der Waals surface area contributed by atoms with Crippen LogP contribution in [-0.2, 0) is 12.8 Å². The summed E-state index contributed by atoms with van der Waals surface area (Å²) in [6, 6.07) is 5.62. The van der Waals surface area contributed by atoms with E-state index in [4.69, 9.17) is 5.73 Å². The van der Waals surface area contributed by atoms with Gasteiger partial charge in [-0.1, -0.05) is 13.3 Å². The number of hydrogen-bond donors (Lipinski definition) is 1. The van der Waals surface area contributed by atoms with Crippen molar-refractivity contribution in [3.63, 3.8) is 0 Å². The molecular formula is C15H17NOS. The molecule has 18 heavy (non-hydrogen) atoms. The first-order valence-corrected chi connectivity index (χ1v) is 7.34. The topological polar surface area (TPSA) is 43.1 Å². The van der Waals surface area contributed by atoms with Crippen LogP contribution in [0.4, 0.5) is 5.69 Å². The highest BCUT2D eigenvalue weighted by Gasteiger charge is 2.21. The van der Waals surface area contributed by atoms with Crippen molar-refractivity contribution < 1.29 is 0 Å². The highest BCUT2D eigenvalue weighted by atomic mass is 32.1. The quantitative estimate of drug-likeness (QED) is 0.798. The molecule has 0 radical (unpaired) electrons. The van der Waals surface area contributed by atoms with E-state index in [1.54, 1.807) is 11.3 Å². The molecule has 0 saturated carbocycles. The van der Waals surface area contributed by atoms with E-state index in [0.29, 0.717) is 0 Å². The van der Waals surface area contributed by atoms with Crippen molar-refractivity contribution in [3.8, 4) is 0 Å². The highest BCUT2D eigenvalue weighted by molar-refractivity contribution is 7.18. The average molecular weight is 259 g/mol. The van der Waals surface area contributed by atoms with Crippen molar-refractivity contribution in [2.75, 3.05) is 5.73 Å². The summed E-state index contributed by atoms with van der Waals surface area (Å²) in [6.07, 6.45) is 4.38. The lowest BCUT2D eigenvalue weighted by atomic mass is 9.87. The Hall–Kier alpha value is -1.35. The van der Waals surface area contributed by atoms with Gasteiger partial charge in [0.05, 0.1) is 0 Å². The summed E-state index contributed by atoms with van der Waals surface area (Å²) in [6.45, 7) is 2.23. The summed E-state index contributed by atoms with van der Waals surface area (Å²) >= 11 is 1.76. The van der Waals surface area contributed by atoms with Crippen LogP contribution in [0.15, 0.2) is 23.0 Å². The van der Waals surface area contributed by atoms with E-state index >= 15 is 0 Å². The predicted octanol–water partition coefficient (Wildman–Crippen LogP) is 3.36. The van der Waals surface area contributed by atoms with Crippen molar-refractivity contribution in [2.24, 2.45) is 5.92 Å². The normalized spacial score (nSPS) is 18.8. The van der Waals surface area contributed by atoms with Gasteiger partial charge < -0.3 is 5.73 Å². The van der Waals surface area contributed by atoms with Crippen LogP contribution in [0.5, 0.6) is 0 Å². The standard InChI is InChI=1S/C15H17NOS/c1-2-9-3-5-11-13(7-9)18-14-8-10(16)4-6-12(14)15(11)17/h4,6,8-9H,2-3,5,7,16H2,1H3. The minimum atomic E-state index is 0.230. The molecule has 0 spiro atoms. The third-order valence-corrected chi connectivity index (χ3v) is 5.17. The summed E-state index contributed by atoms with van der Waals surface area (Å²) in [5.41, 5.74) is 7.83. The van der Waals surface area contributed by atoms with Crippen LogP contribution in [-0.4, -0.2) is 0 Å². The number of anilines is 1. The van der Waals surface area contributed by atoms with Gasteiger partial charge in [0.15, 0.2) is 5.43 Å². The Bertz CT molecular complexity index is 659. The molecule has 0 amide bonds. The van der Waals surface area contributed by atoms with Gasteiger partial charge in [0.25, 0.3) is 0 Å². The van der Waals surface area contributed by atoms with Crippen molar-refractivity contribution >= 4 is 27.1 Å². The van der Waals surface area contributed by atoms with Gasteiger partial charge in [0.2, 0.25) is 0 Å². The van der Waals surface area contributed by atoms with Gasteiger partial charge >= 0.3 is 0 Å². The molecule has 0 bridgehead atoms. The van der Waals surface area contributed by atoms with Gasteiger partial charge in [-0.05, 0) is 43.4 Å². The third kappa shape index (κ3) is 1.83. The number of benzene rings is 1. The second kappa shape index (κ2) is 4.39. The molecule has 1 heterocycles. The second-order valence-corrected chi connectivity index (χ2v) is 6.24. The Kier molecular flexibility index (Phi) is 2.86. The zero-order valence-corrected chi connectivity index (χ0v) is 11.3. The maximum Gasteiger partial charge on any atom is 0.191 e. The molecular weight excluding hydrogens is 242 g/mol. The van der Waals surface area contributed by atoms with Crippen molar-refractivity contribution in [1.29, 1.82) is 0 Å². The highest BCUT2D eigenvalue weighted by Crippen LogP contribution is 2.32. The van der Waals surface area contributed by atoms with Crippen LogP contribution in [0.3, 0.4) is 0 Å². The summed E-state index contributed by atoms with van der Waals surface area (Å²) in [7, 11) is 0. The second-order valence-electron chi connectivity index (χ2n) is 5.11. The van der Waals surface area contributed by atoms with E-state index in [-0.39, 0.29) is 5.43 Å². The zero-order chi connectivity index (χ0) is 12.7. The summed E-state index contributed by atoms with van der Waals surface area (Å²) in [5, 5.41) is 0.836. The molecule has 1 atom stereocenters. The fourth-order valence-electron chi connectivity index (χ4n) is 2.77. The fourth-order valence-corrected chi connectivity index (χ4v) is 4.14. The minimum absolute atomic E-state index is 0.230. The molecule has 0 aliphatic heterocycles. The number of rotatable bonds is 1. The molecule has 1 aliphatic rings. The first-order chi connectivity index (χ1) is 8.69. The Balaban J connectivity index is 2.23. The van der Waals surface area contributed by atoms with Gasteiger partial charge in [0, 0.05) is 26.2 Å². The molecule has 0 fully saturated rings. The maximum absolute atomic E-state index is 12.4. The van der Waals surface area contributed by atoms with Crippen LogP contribution in [0, 0.1) is 5.92 Å². The smallest absolute Gasteiger partial charge is 0.191 e. The molecule has 3 rings (SSSR count). The third-order valence-electron chi connectivity index (χ3n) is 3.95. The van der Waals surface area contributed by atoms with Crippen LogP contribution in [0.2, 0.25) is 0 Å². The lowest BCUT2D eigenvalue weighted by Crippen LogP contribution is -2.20. The zero-order valence-electron chi connectivity index (χ0n) is 10.5. The van der Waals surface area contributed by atoms with E-state index in [0.717, 1.165) is 46.5 Å². The Labute approximate surface area is 110 Å². The molecule has 1 unspecified atom stereocenters. The maximum atomic E-state index is 12.4. The lowest BCUT2D eigenvalue weighted by Gasteiger charge is -2.22. The Morgan fingerprint density at radius 1 is 1.44 bits per heavy atom. The van der Waals surface area contributed by atoms with Gasteiger partial charge in [-0.2, -0.15) is 0 Å². The number of nitrogens with two attached hydrogens (primary N) is 1. The number of fused-ring (bicyclic) bond motifs is 2. The van der Waals surface area contributed by atoms with Crippen LogP contribution in [0.1, 0.15) is 30.2 Å². The van der Waals surface area contributed by atoms with E-state index in [2.05, 4.69) is 6.92 Å². The first-order valence-electron chi connectivity index (χ1n) is 6.53. The Morgan fingerprint density at radius 2 is 2.28 bits per heavy atom. The van der Waals surface area contributed by atoms with E-state index in [1.165, 1.54) is 11.3 Å². The SMILES string of the molecule is CCC1CCc2c(sc3cc(N)ccc3c2=O)C1. The predicted molar refractivity (Wildman–Crippen MR) is 78.3 cm³/mol. The van der Waals surface area contributed by atoms with E-state index in [1.807, 2.05) is 18.2 Å². The molecule has 94 valence electrons. The molecule has 3 heteroatoms. The summed E-state index contributed by atoms with van der Waals surface area (Å²) in [4.78, 5) is 13.7. The number of nitrogen functional groups attached to an aromatic ring is 1. The van der Waals surface area contributed by atoms with Crippen LogP contribution >= 0.6 is 11.3 Å². The van der Waals surface area contributed by atoms with Gasteiger partial charge in [-0.15, -0.1) is 11.3 Å². The van der Waals surface area contributed by atoms with Gasteiger partial charge in [0.1, 0.15) is 0 Å². The number of hydrogen-bond acceptors (Lipinski definition) is 3. The molecule has 2 N–H and O–H groups in total. The van der Waals surface area contributed by atoms with Crippen LogP contribution < -0.4 is 11.2 Å². The molecule has 0 saturated heterocycles. The summed E-state index contributed by atoms with van der Waals surface area (Å²) in [5.74, 6) is 0.742. The monoisotopic (exact) mass is 259 g/mol. The van der Waals surface area contributed by atoms with Gasteiger partial charge in [-0.25, -0.2) is 0 Å².